The number of hydrogen-bond donors (Lipinski definition) is 2. The van der Waals surface area contributed by atoms with Gasteiger partial charge in [0.25, 0.3) is 0 Å². The van der Waals surface area contributed by atoms with Crippen LogP contribution in [-0.2, 0) is 4.74 Å². The summed E-state index contributed by atoms with van der Waals surface area (Å²) in [6.45, 7) is 4.67. The van der Waals surface area contributed by atoms with Gasteiger partial charge in [0, 0.05) is 6.61 Å². The Morgan fingerprint density at radius 1 is 1.53 bits per heavy atom. The van der Waals surface area contributed by atoms with Crippen LogP contribution in [0.3, 0.4) is 0 Å². The SMILES string of the molecule is Cc1cc(C(NN)C2OCCC2C)ccc1F. The molecule has 2 rings (SSSR count). The summed E-state index contributed by atoms with van der Waals surface area (Å²) in [6, 6.07) is 5.00. The van der Waals surface area contributed by atoms with E-state index in [4.69, 9.17) is 10.6 Å². The first-order valence-corrected chi connectivity index (χ1v) is 5.97. The summed E-state index contributed by atoms with van der Waals surface area (Å²) in [4.78, 5) is 0. The summed E-state index contributed by atoms with van der Waals surface area (Å²) in [5.41, 5.74) is 4.40. The van der Waals surface area contributed by atoms with Crippen LogP contribution >= 0.6 is 0 Å². The highest BCUT2D eigenvalue weighted by Crippen LogP contribution is 2.31. The van der Waals surface area contributed by atoms with E-state index < -0.39 is 0 Å². The number of rotatable bonds is 3. The molecule has 0 aromatic heterocycles. The molecule has 17 heavy (non-hydrogen) atoms. The van der Waals surface area contributed by atoms with Crippen molar-refractivity contribution >= 4 is 0 Å². The minimum absolute atomic E-state index is 0.0601. The first kappa shape index (κ1) is 12.5. The minimum Gasteiger partial charge on any atom is -0.376 e. The lowest BCUT2D eigenvalue weighted by Crippen LogP contribution is -2.38. The normalized spacial score (nSPS) is 26.1. The predicted molar refractivity (Wildman–Crippen MR) is 64.7 cm³/mol. The molecule has 3 N–H and O–H groups in total. The molecule has 0 spiro atoms. The van der Waals surface area contributed by atoms with Crippen LogP contribution in [0.4, 0.5) is 4.39 Å². The zero-order chi connectivity index (χ0) is 12.4. The number of hydrazine groups is 1. The van der Waals surface area contributed by atoms with Crippen LogP contribution in [-0.4, -0.2) is 12.7 Å². The maximum absolute atomic E-state index is 13.2. The van der Waals surface area contributed by atoms with Gasteiger partial charge >= 0.3 is 0 Å². The maximum Gasteiger partial charge on any atom is 0.126 e. The first-order chi connectivity index (χ1) is 8.13. The second-order valence-corrected chi connectivity index (χ2v) is 4.75. The van der Waals surface area contributed by atoms with E-state index in [1.807, 2.05) is 6.07 Å². The zero-order valence-corrected chi connectivity index (χ0v) is 10.2. The quantitative estimate of drug-likeness (QED) is 0.626. The van der Waals surface area contributed by atoms with Crippen molar-refractivity contribution in [1.82, 2.24) is 5.43 Å². The lowest BCUT2D eigenvalue weighted by atomic mass is 9.92. The van der Waals surface area contributed by atoms with Crippen LogP contribution in [0.15, 0.2) is 18.2 Å². The smallest absolute Gasteiger partial charge is 0.126 e. The molecule has 0 saturated carbocycles. The predicted octanol–water partition coefficient (Wildman–Crippen LogP) is 2.06. The number of nitrogens with two attached hydrogens (primary N) is 1. The van der Waals surface area contributed by atoms with Gasteiger partial charge < -0.3 is 4.74 Å². The number of aryl methyl sites for hydroxylation is 1. The third-order valence-corrected chi connectivity index (χ3v) is 3.49. The van der Waals surface area contributed by atoms with Crippen molar-refractivity contribution in [3.63, 3.8) is 0 Å². The molecule has 3 nitrogen and oxygen atoms in total. The Morgan fingerprint density at radius 2 is 2.29 bits per heavy atom. The fraction of sp³-hybridized carbons (Fsp3) is 0.538. The Labute approximate surface area is 101 Å². The fourth-order valence-corrected chi connectivity index (χ4v) is 2.39. The number of hydrogen-bond acceptors (Lipinski definition) is 3. The molecular formula is C13H19FN2O. The molecule has 0 aliphatic carbocycles. The zero-order valence-electron chi connectivity index (χ0n) is 10.2. The van der Waals surface area contributed by atoms with Crippen molar-refractivity contribution in [2.45, 2.75) is 32.4 Å². The third kappa shape index (κ3) is 2.49. The van der Waals surface area contributed by atoms with Gasteiger partial charge in [-0.1, -0.05) is 19.1 Å². The van der Waals surface area contributed by atoms with Gasteiger partial charge in [-0.2, -0.15) is 0 Å². The maximum atomic E-state index is 13.2. The molecule has 1 aliphatic heterocycles. The number of halogens is 1. The lowest BCUT2D eigenvalue weighted by molar-refractivity contribution is 0.0607. The summed E-state index contributed by atoms with van der Waals surface area (Å²) in [5, 5.41) is 0. The minimum atomic E-state index is -0.190. The lowest BCUT2D eigenvalue weighted by Gasteiger charge is -2.26. The molecule has 0 bridgehead atoms. The van der Waals surface area contributed by atoms with E-state index in [1.54, 1.807) is 13.0 Å². The average molecular weight is 238 g/mol. The van der Waals surface area contributed by atoms with Gasteiger partial charge in [0.15, 0.2) is 0 Å². The van der Waals surface area contributed by atoms with Crippen molar-refractivity contribution in [2.75, 3.05) is 6.61 Å². The molecule has 1 aliphatic rings. The Morgan fingerprint density at radius 3 is 2.82 bits per heavy atom. The van der Waals surface area contributed by atoms with E-state index in [0.29, 0.717) is 11.5 Å². The fourth-order valence-electron chi connectivity index (χ4n) is 2.39. The van der Waals surface area contributed by atoms with E-state index in [2.05, 4.69) is 12.3 Å². The molecule has 0 amide bonds. The molecule has 3 atom stereocenters. The summed E-state index contributed by atoms with van der Waals surface area (Å²) in [5.74, 6) is 5.88. The molecule has 1 aromatic rings. The number of benzene rings is 1. The van der Waals surface area contributed by atoms with Crippen molar-refractivity contribution in [1.29, 1.82) is 0 Å². The van der Waals surface area contributed by atoms with Crippen LogP contribution in [0.25, 0.3) is 0 Å². The summed E-state index contributed by atoms with van der Waals surface area (Å²) in [7, 11) is 0. The molecule has 1 heterocycles. The number of ether oxygens (including phenoxy) is 1. The Bertz CT molecular complexity index is 397. The van der Waals surface area contributed by atoms with E-state index in [0.717, 1.165) is 18.6 Å². The third-order valence-electron chi connectivity index (χ3n) is 3.49. The van der Waals surface area contributed by atoms with Crippen molar-refractivity contribution in [2.24, 2.45) is 11.8 Å². The monoisotopic (exact) mass is 238 g/mol. The van der Waals surface area contributed by atoms with E-state index in [9.17, 15) is 4.39 Å². The van der Waals surface area contributed by atoms with Crippen LogP contribution in [0, 0.1) is 18.7 Å². The van der Waals surface area contributed by atoms with Crippen molar-refractivity contribution in [3.8, 4) is 0 Å². The van der Waals surface area contributed by atoms with Crippen LogP contribution in [0.1, 0.15) is 30.5 Å². The molecule has 0 radical (unpaired) electrons. The highest BCUT2D eigenvalue weighted by atomic mass is 19.1. The summed E-state index contributed by atoms with van der Waals surface area (Å²) in [6.07, 6.45) is 1.10. The van der Waals surface area contributed by atoms with E-state index in [1.165, 1.54) is 6.07 Å². The highest BCUT2D eigenvalue weighted by Gasteiger charge is 2.32. The van der Waals surface area contributed by atoms with Crippen molar-refractivity contribution in [3.05, 3.63) is 35.1 Å². The topological polar surface area (TPSA) is 47.3 Å². The van der Waals surface area contributed by atoms with Crippen LogP contribution in [0.2, 0.25) is 0 Å². The Kier molecular flexibility index (Phi) is 3.76. The second-order valence-electron chi connectivity index (χ2n) is 4.75. The van der Waals surface area contributed by atoms with Gasteiger partial charge in [-0.15, -0.1) is 0 Å². The van der Waals surface area contributed by atoms with Gasteiger partial charge in [-0.25, -0.2) is 4.39 Å². The van der Waals surface area contributed by atoms with Gasteiger partial charge in [0.1, 0.15) is 5.82 Å². The molecule has 1 aromatic carbocycles. The van der Waals surface area contributed by atoms with Gasteiger partial charge in [-0.3, -0.25) is 11.3 Å². The van der Waals surface area contributed by atoms with E-state index >= 15 is 0 Å². The first-order valence-electron chi connectivity index (χ1n) is 5.97. The molecular weight excluding hydrogens is 219 g/mol. The van der Waals surface area contributed by atoms with Crippen LogP contribution in [0.5, 0.6) is 0 Å². The van der Waals surface area contributed by atoms with E-state index in [-0.39, 0.29) is 18.0 Å². The average Bonchev–Trinajstić information content (AvgIpc) is 2.71. The van der Waals surface area contributed by atoms with Gasteiger partial charge in [0.05, 0.1) is 12.1 Å². The number of nitrogens with one attached hydrogen (secondary N) is 1. The summed E-state index contributed by atoms with van der Waals surface area (Å²) >= 11 is 0. The summed E-state index contributed by atoms with van der Waals surface area (Å²) < 4.78 is 18.9. The largest absolute Gasteiger partial charge is 0.376 e. The molecule has 94 valence electrons. The van der Waals surface area contributed by atoms with Crippen LogP contribution < -0.4 is 11.3 Å². The second kappa shape index (κ2) is 5.12. The standard InChI is InChI=1S/C13H19FN2O/c1-8-5-6-17-13(8)12(16-15)10-3-4-11(14)9(2)7-10/h3-4,7-8,12-13,16H,5-6,15H2,1-2H3. The molecule has 1 fully saturated rings. The molecule has 4 heteroatoms. The van der Waals surface area contributed by atoms with Gasteiger partial charge in [0.2, 0.25) is 0 Å². The van der Waals surface area contributed by atoms with Gasteiger partial charge in [-0.05, 0) is 36.5 Å². The Hall–Kier alpha value is -0.970. The molecule has 3 unspecified atom stereocenters. The Balaban J connectivity index is 2.25. The molecule has 1 saturated heterocycles. The highest BCUT2D eigenvalue weighted by molar-refractivity contribution is 5.27. The van der Waals surface area contributed by atoms with Crippen molar-refractivity contribution < 1.29 is 9.13 Å².